The van der Waals surface area contributed by atoms with E-state index in [2.05, 4.69) is 6.07 Å². The van der Waals surface area contributed by atoms with Gasteiger partial charge in [-0.3, -0.25) is 4.79 Å². The summed E-state index contributed by atoms with van der Waals surface area (Å²) < 4.78 is 11.5. The van der Waals surface area contributed by atoms with Crippen LogP contribution in [0.1, 0.15) is 43.5 Å². The Hall–Kier alpha value is -2.24. The van der Waals surface area contributed by atoms with Crippen LogP contribution in [0.2, 0.25) is 0 Å². The highest BCUT2D eigenvalue weighted by atomic mass is 35.5. The van der Waals surface area contributed by atoms with Gasteiger partial charge in [-0.05, 0) is 49.1 Å². The molecule has 0 saturated heterocycles. The lowest BCUT2D eigenvalue weighted by molar-refractivity contribution is -0.136. The van der Waals surface area contributed by atoms with E-state index < -0.39 is 0 Å². The zero-order valence-electron chi connectivity index (χ0n) is 17.4. The normalized spacial score (nSPS) is 15.0. The summed E-state index contributed by atoms with van der Waals surface area (Å²) in [6, 6.07) is 13.6. The van der Waals surface area contributed by atoms with Gasteiger partial charge in [-0.15, -0.1) is 12.4 Å². The van der Waals surface area contributed by atoms with Crippen molar-refractivity contribution in [2.75, 3.05) is 19.8 Å². The van der Waals surface area contributed by atoms with E-state index in [0.717, 1.165) is 29.0 Å². The fourth-order valence-corrected chi connectivity index (χ4v) is 3.69. The van der Waals surface area contributed by atoms with E-state index in [0.29, 0.717) is 26.3 Å². The van der Waals surface area contributed by atoms with Gasteiger partial charge in [0.05, 0.1) is 19.1 Å². The van der Waals surface area contributed by atoms with Crippen LogP contribution < -0.4 is 15.2 Å². The number of amides is 1. The fraction of sp³-hybridized carbons (Fsp3) is 0.435. The molecule has 2 aromatic carbocycles. The van der Waals surface area contributed by atoms with Gasteiger partial charge in [-0.1, -0.05) is 37.3 Å². The molecule has 0 saturated carbocycles. The highest BCUT2D eigenvalue weighted by Gasteiger charge is 2.29. The third-order valence-corrected chi connectivity index (χ3v) is 5.30. The van der Waals surface area contributed by atoms with Crippen molar-refractivity contribution in [3.05, 3.63) is 59.2 Å². The third-order valence-electron chi connectivity index (χ3n) is 5.30. The van der Waals surface area contributed by atoms with Crippen LogP contribution in [-0.2, 0) is 17.8 Å². The summed E-state index contributed by atoms with van der Waals surface area (Å²) in [5, 5.41) is 0. The Bertz CT molecular complexity index is 813. The Morgan fingerprint density at radius 2 is 1.66 bits per heavy atom. The fourth-order valence-electron chi connectivity index (χ4n) is 3.69. The summed E-state index contributed by atoms with van der Waals surface area (Å²) in [5.74, 6) is 1.33. The molecule has 1 amide bonds. The SMILES string of the molecule is CCOc1cc2c(cc1OCC)CN(C(=O)C(C)C(N)c1ccccc1)CC2.Cl. The van der Waals surface area contributed by atoms with Crippen molar-refractivity contribution in [1.82, 2.24) is 4.90 Å². The second-order valence-corrected chi connectivity index (χ2v) is 7.17. The minimum absolute atomic E-state index is 0. The van der Waals surface area contributed by atoms with Gasteiger partial charge >= 0.3 is 0 Å². The van der Waals surface area contributed by atoms with Crippen LogP contribution in [0.3, 0.4) is 0 Å². The smallest absolute Gasteiger partial charge is 0.227 e. The first-order valence-electron chi connectivity index (χ1n) is 10.1. The van der Waals surface area contributed by atoms with Crippen molar-refractivity contribution in [1.29, 1.82) is 0 Å². The van der Waals surface area contributed by atoms with Crippen LogP contribution in [-0.4, -0.2) is 30.6 Å². The first-order chi connectivity index (χ1) is 13.5. The van der Waals surface area contributed by atoms with Gasteiger partial charge in [0, 0.05) is 19.1 Å². The number of hydrogen-bond acceptors (Lipinski definition) is 4. The number of hydrogen-bond donors (Lipinski definition) is 1. The second kappa shape index (κ2) is 10.5. The molecule has 1 aliphatic heterocycles. The number of benzene rings is 2. The molecule has 158 valence electrons. The maximum atomic E-state index is 13.1. The van der Waals surface area contributed by atoms with Crippen molar-refractivity contribution in [2.45, 2.75) is 39.8 Å². The van der Waals surface area contributed by atoms with E-state index in [1.54, 1.807) is 0 Å². The first-order valence-corrected chi connectivity index (χ1v) is 10.1. The van der Waals surface area contributed by atoms with Gasteiger partial charge in [0.2, 0.25) is 5.91 Å². The van der Waals surface area contributed by atoms with E-state index in [9.17, 15) is 4.79 Å². The molecule has 0 aromatic heterocycles. The number of halogens is 1. The molecule has 6 heteroatoms. The van der Waals surface area contributed by atoms with Gasteiger partial charge in [-0.25, -0.2) is 0 Å². The molecule has 0 fully saturated rings. The van der Waals surface area contributed by atoms with Crippen molar-refractivity contribution in [3.8, 4) is 11.5 Å². The van der Waals surface area contributed by atoms with Crippen molar-refractivity contribution in [3.63, 3.8) is 0 Å². The molecule has 1 heterocycles. The van der Waals surface area contributed by atoms with E-state index in [-0.39, 0.29) is 30.3 Å². The highest BCUT2D eigenvalue weighted by Crippen LogP contribution is 2.34. The number of nitrogens with two attached hydrogens (primary N) is 1. The molecule has 0 radical (unpaired) electrons. The van der Waals surface area contributed by atoms with E-state index >= 15 is 0 Å². The molecule has 5 nitrogen and oxygen atoms in total. The molecule has 29 heavy (non-hydrogen) atoms. The largest absolute Gasteiger partial charge is 0.490 e. The molecule has 0 aliphatic carbocycles. The van der Waals surface area contributed by atoms with E-state index in [1.165, 1.54) is 5.56 Å². The lowest BCUT2D eigenvalue weighted by Gasteiger charge is -2.33. The van der Waals surface area contributed by atoms with Gasteiger partial charge in [0.15, 0.2) is 11.5 Å². The Labute approximate surface area is 179 Å². The quantitative estimate of drug-likeness (QED) is 0.734. The Morgan fingerprint density at radius 1 is 1.07 bits per heavy atom. The standard InChI is InChI=1S/C23H30N2O3.ClH/c1-4-27-20-13-18-11-12-25(15-19(18)14-21(20)28-5-2)23(26)16(3)22(24)17-9-7-6-8-10-17;/h6-10,13-14,16,22H,4-5,11-12,15,24H2,1-3H3;1H. The van der Waals surface area contributed by atoms with Crippen LogP contribution in [0.25, 0.3) is 0 Å². The molecular weight excluding hydrogens is 388 g/mol. The number of nitrogens with zero attached hydrogens (tertiary/aromatic N) is 1. The second-order valence-electron chi connectivity index (χ2n) is 7.17. The first kappa shape index (κ1) is 23.0. The van der Waals surface area contributed by atoms with Crippen molar-refractivity contribution < 1.29 is 14.3 Å². The molecule has 2 aromatic rings. The minimum Gasteiger partial charge on any atom is -0.490 e. The molecule has 2 N–H and O–H groups in total. The molecule has 0 bridgehead atoms. The Balaban J connectivity index is 0.00000300. The summed E-state index contributed by atoms with van der Waals surface area (Å²) in [4.78, 5) is 15.0. The molecular formula is C23H31ClN2O3. The summed E-state index contributed by atoms with van der Waals surface area (Å²) in [7, 11) is 0. The molecule has 2 atom stereocenters. The minimum atomic E-state index is -0.311. The Kier molecular flexibility index (Phi) is 8.35. The average molecular weight is 419 g/mol. The van der Waals surface area contributed by atoms with Gasteiger partial charge in [0.25, 0.3) is 0 Å². The predicted octanol–water partition coefficient (Wildman–Crippen LogP) is 4.13. The summed E-state index contributed by atoms with van der Waals surface area (Å²) in [5.41, 5.74) is 9.70. The van der Waals surface area contributed by atoms with E-state index in [4.69, 9.17) is 15.2 Å². The van der Waals surface area contributed by atoms with Gasteiger partial charge < -0.3 is 20.1 Å². The van der Waals surface area contributed by atoms with Crippen LogP contribution >= 0.6 is 12.4 Å². The van der Waals surface area contributed by atoms with Crippen molar-refractivity contribution >= 4 is 18.3 Å². The monoisotopic (exact) mass is 418 g/mol. The number of fused-ring (bicyclic) bond motifs is 1. The maximum absolute atomic E-state index is 13.1. The molecule has 3 rings (SSSR count). The summed E-state index contributed by atoms with van der Waals surface area (Å²) >= 11 is 0. The average Bonchev–Trinajstić information content (AvgIpc) is 2.73. The molecule has 2 unspecified atom stereocenters. The third kappa shape index (κ3) is 5.22. The number of ether oxygens (including phenoxy) is 2. The number of carbonyl (C=O) groups is 1. The maximum Gasteiger partial charge on any atom is 0.227 e. The zero-order chi connectivity index (χ0) is 20.1. The summed E-state index contributed by atoms with van der Waals surface area (Å²) in [6.07, 6.45) is 0.806. The summed E-state index contributed by atoms with van der Waals surface area (Å²) in [6.45, 7) is 8.27. The molecule has 1 aliphatic rings. The number of carbonyl (C=O) groups excluding carboxylic acids is 1. The lowest BCUT2D eigenvalue weighted by atomic mass is 9.92. The Morgan fingerprint density at radius 3 is 2.24 bits per heavy atom. The highest BCUT2D eigenvalue weighted by molar-refractivity contribution is 5.85. The van der Waals surface area contributed by atoms with Crippen LogP contribution in [0.5, 0.6) is 11.5 Å². The topological polar surface area (TPSA) is 64.8 Å². The number of rotatable bonds is 7. The lowest BCUT2D eigenvalue weighted by Crippen LogP contribution is -2.42. The van der Waals surface area contributed by atoms with E-state index in [1.807, 2.05) is 62.1 Å². The van der Waals surface area contributed by atoms with Crippen LogP contribution in [0, 0.1) is 5.92 Å². The predicted molar refractivity (Wildman–Crippen MR) is 118 cm³/mol. The van der Waals surface area contributed by atoms with Gasteiger partial charge in [-0.2, -0.15) is 0 Å². The van der Waals surface area contributed by atoms with Crippen LogP contribution in [0.15, 0.2) is 42.5 Å². The zero-order valence-corrected chi connectivity index (χ0v) is 18.2. The molecule has 0 spiro atoms. The van der Waals surface area contributed by atoms with Crippen molar-refractivity contribution in [2.24, 2.45) is 11.7 Å². The van der Waals surface area contributed by atoms with Gasteiger partial charge in [0.1, 0.15) is 0 Å². The van der Waals surface area contributed by atoms with Crippen LogP contribution in [0.4, 0.5) is 0 Å².